The van der Waals surface area contributed by atoms with Crippen molar-refractivity contribution >= 4 is 17.5 Å². The number of benzene rings is 2. The molecule has 1 atom stereocenters. The smallest absolute Gasteiger partial charge is 0.258 e. The van der Waals surface area contributed by atoms with Crippen LogP contribution in [0.25, 0.3) is 0 Å². The van der Waals surface area contributed by atoms with Gasteiger partial charge in [-0.3, -0.25) is 9.69 Å². The third-order valence-corrected chi connectivity index (χ3v) is 5.16. The number of halogens is 2. The third-order valence-electron chi connectivity index (χ3n) is 4.91. The highest BCUT2D eigenvalue weighted by molar-refractivity contribution is 6.30. The molecule has 0 aromatic heterocycles. The molecule has 0 bridgehead atoms. The van der Waals surface area contributed by atoms with Crippen LogP contribution in [-0.4, -0.2) is 62.1 Å². The van der Waals surface area contributed by atoms with Crippen LogP contribution in [0.4, 0.5) is 4.39 Å². The summed E-state index contributed by atoms with van der Waals surface area (Å²) in [7, 11) is 2.11. The van der Waals surface area contributed by atoms with Gasteiger partial charge >= 0.3 is 0 Å². The average Bonchev–Trinajstić information content (AvgIpc) is 2.70. The molecule has 1 saturated heterocycles. The SMILES string of the molecule is CN1CCN([C@@H](CNC(=O)COc2ccc(F)cc2)c2ccc(Cl)cc2)CC1. The highest BCUT2D eigenvalue weighted by atomic mass is 35.5. The molecule has 0 spiro atoms. The normalized spacial score (nSPS) is 16.5. The van der Waals surface area contributed by atoms with E-state index in [0.717, 1.165) is 31.7 Å². The molecule has 1 N–H and O–H groups in total. The molecule has 3 rings (SSSR count). The summed E-state index contributed by atoms with van der Waals surface area (Å²) in [5.41, 5.74) is 1.12. The van der Waals surface area contributed by atoms with Gasteiger partial charge in [0.05, 0.1) is 6.04 Å². The van der Waals surface area contributed by atoms with Crippen LogP contribution in [0.15, 0.2) is 48.5 Å². The lowest BCUT2D eigenvalue weighted by molar-refractivity contribution is -0.123. The second-order valence-corrected chi connectivity index (χ2v) is 7.39. The summed E-state index contributed by atoms with van der Waals surface area (Å²) >= 11 is 6.03. The summed E-state index contributed by atoms with van der Waals surface area (Å²) in [6.45, 7) is 4.23. The lowest BCUT2D eigenvalue weighted by Gasteiger charge is -2.38. The van der Waals surface area contributed by atoms with Gasteiger partial charge in [-0.2, -0.15) is 0 Å². The van der Waals surface area contributed by atoms with Gasteiger partial charge in [-0.25, -0.2) is 4.39 Å². The quantitative estimate of drug-likeness (QED) is 0.769. The molecule has 0 radical (unpaired) electrons. The van der Waals surface area contributed by atoms with E-state index in [-0.39, 0.29) is 24.4 Å². The van der Waals surface area contributed by atoms with E-state index in [1.807, 2.05) is 24.3 Å². The Balaban J connectivity index is 1.58. The summed E-state index contributed by atoms with van der Waals surface area (Å²) in [6, 6.07) is 13.4. The Labute approximate surface area is 170 Å². The first-order valence-electron chi connectivity index (χ1n) is 9.34. The van der Waals surface area contributed by atoms with Crippen molar-refractivity contribution in [1.29, 1.82) is 0 Å². The Kier molecular flexibility index (Phi) is 7.25. The number of ether oxygens (including phenoxy) is 1. The van der Waals surface area contributed by atoms with Crippen LogP contribution >= 0.6 is 11.6 Å². The van der Waals surface area contributed by atoms with Gasteiger partial charge in [0.2, 0.25) is 0 Å². The summed E-state index contributed by atoms with van der Waals surface area (Å²) in [6.07, 6.45) is 0. The van der Waals surface area contributed by atoms with Gasteiger partial charge in [-0.05, 0) is 49.0 Å². The summed E-state index contributed by atoms with van der Waals surface area (Å²) in [4.78, 5) is 16.9. The van der Waals surface area contributed by atoms with Gasteiger partial charge in [-0.1, -0.05) is 23.7 Å². The maximum atomic E-state index is 12.9. The van der Waals surface area contributed by atoms with Gasteiger partial charge in [0.25, 0.3) is 5.91 Å². The highest BCUT2D eigenvalue weighted by Gasteiger charge is 2.24. The lowest BCUT2D eigenvalue weighted by atomic mass is 10.0. The zero-order valence-corrected chi connectivity index (χ0v) is 16.7. The Bertz CT molecular complexity index is 762. The van der Waals surface area contributed by atoms with Gasteiger partial charge in [-0.15, -0.1) is 0 Å². The van der Waals surface area contributed by atoms with Crippen LogP contribution < -0.4 is 10.1 Å². The van der Waals surface area contributed by atoms with Gasteiger partial charge in [0, 0.05) is 37.7 Å². The third kappa shape index (κ3) is 5.92. The number of carbonyl (C=O) groups is 1. The molecule has 0 aliphatic carbocycles. The molecule has 0 saturated carbocycles. The minimum Gasteiger partial charge on any atom is -0.484 e. The Morgan fingerprint density at radius 3 is 2.39 bits per heavy atom. The van der Waals surface area contributed by atoms with Crippen molar-refractivity contribution in [2.75, 3.05) is 46.4 Å². The second kappa shape index (κ2) is 9.87. The van der Waals surface area contributed by atoms with Crippen molar-refractivity contribution in [3.05, 3.63) is 64.9 Å². The van der Waals surface area contributed by atoms with Crippen molar-refractivity contribution in [1.82, 2.24) is 15.1 Å². The Hall–Kier alpha value is -2.15. The predicted octanol–water partition coefficient (Wildman–Crippen LogP) is 2.96. The number of amides is 1. The molecule has 2 aromatic carbocycles. The summed E-state index contributed by atoms with van der Waals surface area (Å²) < 4.78 is 18.4. The van der Waals surface area contributed by atoms with E-state index in [1.165, 1.54) is 24.3 Å². The van der Waals surface area contributed by atoms with E-state index in [9.17, 15) is 9.18 Å². The summed E-state index contributed by atoms with van der Waals surface area (Å²) in [5, 5.41) is 3.65. The first-order valence-corrected chi connectivity index (χ1v) is 9.72. The predicted molar refractivity (Wildman–Crippen MR) is 108 cm³/mol. The molecule has 28 heavy (non-hydrogen) atoms. The lowest BCUT2D eigenvalue weighted by Crippen LogP contribution is -2.48. The molecular formula is C21H25ClFN3O2. The molecule has 1 aliphatic rings. The molecule has 1 fully saturated rings. The fraction of sp³-hybridized carbons (Fsp3) is 0.381. The fourth-order valence-electron chi connectivity index (χ4n) is 3.22. The molecule has 5 nitrogen and oxygen atoms in total. The Morgan fingerprint density at radius 1 is 1.11 bits per heavy atom. The maximum Gasteiger partial charge on any atom is 0.258 e. The van der Waals surface area contributed by atoms with E-state index < -0.39 is 0 Å². The minimum atomic E-state index is -0.338. The number of hydrogen-bond donors (Lipinski definition) is 1. The zero-order chi connectivity index (χ0) is 19.9. The average molecular weight is 406 g/mol. The molecule has 1 aliphatic heterocycles. The van der Waals surface area contributed by atoms with Crippen LogP contribution in [-0.2, 0) is 4.79 Å². The van der Waals surface area contributed by atoms with Crippen LogP contribution in [0.5, 0.6) is 5.75 Å². The molecule has 1 heterocycles. The molecule has 1 amide bonds. The fourth-order valence-corrected chi connectivity index (χ4v) is 3.34. The molecule has 2 aromatic rings. The van der Waals surface area contributed by atoms with Crippen LogP contribution in [0.2, 0.25) is 5.02 Å². The Morgan fingerprint density at radius 2 is 1.75 bits per heavy atom. The number of carbonyl (C=O) groups excluding carboxylic acids is 1. The number of hydrogen-bond acceptors (Lipinski definition) is 4. The van der Waals surface area contributed by atoms with Crippen molar-refractivity contribution < 1.29 is 13.9 Å². The first-order chi connectivity index (χ1) is 13.5. The van der Waals surface area contributed by atoms with E-state index in [0.29, 0.717) is 17.3 Å². The van der Waals surface area contributed by atoms with Crippen molar-refractivity contribution in [2.45, 2.75) is 6.04 Å². The van der Waals surface area contributed by atoms with Crippen LogP contribution in [0, 0.1) is 5.82 Å². The van der Waals surface area contributed by atoms with Gasteiger partial charge in [0.1, 0.15) is 11.6 Å². The minimum absolute atomic E-state index is 0.0701. The monoisotopic (exact) mass is 405 g/mol. The van der Waals surface area contributed by atoms with Gasteiger partial charge < -0.3 is 15.0 Å². The molecule has 7 heteroatoms. The zero-order valence-electron chi connectivity index (χ0n) is 15.9. The molecule has 150 valence electrons. The number of likely N-dealkylation sites (N-methyl/N-ethyl adjacent to an activating group) is 1. The van der Waals surface area contributed by atoms with E-state index in [4.69, 9.17) is 16.3 Å². The van der Waals surface area contributed by atoms with Crippen molar-refractivity contribution in [2.24, 2.45) is 0 Å². The standard InChI is InChI=1S/C21H25ClFN3O2/c1-25-10-12-26(13-11-25)20(16-2-4-17(22)5-3-16)14-24-21(27)15-28-19-8-6-18(23)7-9-19/h2-9,20H,10-15H2,1H3,(H,24,27)/t20-/m0/s1. The maximum absolute atomic E-state index is 12.9. The number of nitrogens with zero attached hydrogens (tertiary/aromatic N) is 2. The second-order valence-electron chi connectivity index (χ2n) is 6.95. The van der Waals surface area contributed by atoms with Gasteiger partial charge in [0.15, 0.2) is 6.61 Å². The molecular weight excluding hydrogens is 381 g/mol. The van der Waals surface area contributed by atoms with Crippen LogP contribution in [0.3, 0.4) is 0 Å². The number of piperazine rings is 1. The van der Waals surface area contributed by atoms with E-state index in [1.54, 1.807) is 0 Å². The van der Waals surface area contributed by atoms with E-state index in [2.05, 4.69) is 22.2 Å². The van der Waals surface area contributed by atoms with Crippen molar-refractivity contribution in [3.63, 3.8) is 0 Å². The van der Waals surface area contributed by atoms with Crippen molar-refractivity contribution in [3.8, 4) is 5.75 Å². The largest absolute Gasteiger partial charge is 0.484 e. The van der Waals surface area contributed by atoms with Crippen LogP contribution in [0.1, 0.15) is 11.6 Å². The first kappa shape index (κ1) is 20.6. The number of rotatable bonds is 7. The highest BCUT2D eigenvalue weighted by Crippen LogP contribution is 2.23. The topological polar surface area (TPSA) is 44.8 Å². The van der Waals surface area contributed by atoms with E-state index >= 15 is 0 Å². The molecule has 0 unspecified atom stereocenters. The summed E-state index contributed by atoms with van der Waals surface area (Å²) in [5.74, 6) is -0.0860. The number of nitrogens with one attached hydrogen (secondary N) is 1.